The van der Waals surface area contributed by atoms with Gasteiger partial charge < -0.3 is 23.7 Å². The highest BCUT2D eigenvalue weighted by molar-refractivity contribution is 7.10. The van der Waals surface area contributed by atoms with Crippen molar-refractivity contribution in [3.63, 3.8) is 0 Å². The third kappa shape index (κ3) is 4.42. The largest absolute Gasteiger partial charge is 0.496 e. The summed E-state index contributed by atoms with van der Waals surface area (Å²) in [7, 11) is 4.58. The monoisotopic (exact) mass is 466 g/mol. The van der Waals surface area contributed by atoms with Crippen LogP contribution in [0.5, 0.6) is 28.7 Å². The topological polar surface area (TPSA) is 80.3 Å². The lowest BCUT2D eigenvalue weighted by Gasteiger charge is -2.12. The van der Waals surface area contributed by atoms with Crippen molar-refractivity contribution >= 4 is 29.2 Å². The number of fused-ring (bicyclic) bond motifs is 1. The minimum absolute atomic E-state index is 0.126. The van der Waals surface area contributed by atoms with Crippen LogP contribution in [0.3, 0.4) is 0 Å². The number of ether oxygens (including phenoxy) is 5. The Hall–Kier alpha value is -3.78. The summed E-state index contributed by atoms with van der Waals surface area (Å²) in [6, 6.07) is 10.4. The van der Waals surface area contributed by atoms with Crippen LogP contribution >= 0.6 is 11.3 Å². The quantitative estimate of drug-likeness (QED) is 0.280. The minimum atomic E-state index is -0.379. The second-order valence-corrected chi connectivity index (χ2v) is 8.22. The Balaban J connectivity index is 1.62. The van der Waals surface area contributed by atoms with Gasteiger partial charge >= 0.3 is 5.97 Å². The predicted molar refractivity (Wildman–Crippen MR) is 124 cm³/mol. The first kappa shape index (κ1) is 22.4. The molecule has 0 saturated carbocycles. The van der Waals surface area contributed by atoms with E-state index in [2.05, 4.69) is 0 Å². The summed E-state index contributed by atoms with van der Waals surface area (Å²) >= 11 is 1.49. The Morgan fingerprint density at radius 3 is 2.39 bits per heavy atom. The first-order chi connectivity index (χ1) is 15.9. The zero-order chi connectivity index (χ0) is 23.5. The fraction of sp³-hybridized carbons (Fsp3) is 0.200. The molecule has 33 heavy (non-hydrogen) atoms. The molecule has 0 aliphatic carbocycles. The van der Waals surface area contributed by atoms with Crippen LogP contribution in [0, 0.1) is 6.92 Å². The molecule has 0 bridgehead atoms. The number of carbonyl (C=O) groups excluding carboxylic acids is 2. The van der Waals surface area contributed by atoms with Gasteiger partial charge in [0, 0.05) is 22.1 Å². The van der Waals surface area contributed by atoms with Crippen molar-refractivity contribution in [2.45, 2.75) is 13.3 Å². The Morgan fingerprint density at radius 1 is 1.00 bits per heavy atom. The molecule has 0 amide bonds. The van der Waals surface area contributed by atoms with Crippen LogP contribution < -0.4 is 23.7 Å². The van der Waals surface area contributed by atoms with Gasteiger partial charge in [0.25, 0.3) is 0 Å². The molecule has 8 heteroatoms. The first-order valence-electron chi connectivity index (χ1n) is 10.1. The molecule has 0 N–H and O–H groups in total. The van der Waals surface area contributed by atoms with Gasteiger partial charge in [0.05, 0.1) is 33.3 Å². The Bertz CT molecular complexity index is 1240. The van der Waals surface area contributed by atoms with Crippen molar-refractivity contribution in [3.05, 3.63) is 69.1 Å². The SMILES string of the molecule is COc1cc(OC)c(OC)cc1/C=C1\Oc2c(ccc(OC(=O)Cc3cccs3)c2C)C1=O. The number of hydrogen-bond acceptors (Lipinski definition) is 8. The van der Waals surface area contributed by atoms with E-state index in [-0.39, 0.29) is 23.9 Å². The average molecular weight is 467 g/mol. The van der Waals surface area contributed by atoms with Crippen LogP contribution in [0.2, 0.25) is 0 Å². The van der Waals surface area contributed by atoms with Crippen molar-refractivity contribution in [3.8, 4) is 28.7 Å². The Morgan fingerprint density at radius 2 is 1.73 bits per heavy atom. The molecule has 1 aromatic heterocycles. The zero-order valence-electron chi connectivity index (χ0n) is 18.6. The van der Waals surface area contributed by atoms with Crippen LogP contribution in [0.1, 0.15) is 26.4 Å². The summed E-state index contributed by atoms with van der Waals surface area (Å²) in [6.07, 6.45) is 1.77. The fourth-order valence-corrected chi connectivity index (χ4v) is 4.19. The molecule has 4 rings (SSSR count). The predicted octanol–water partition coefficient (Wildman–Crippen LogP) is 4.85. The van der Waals surface area contributed by atoms with Gasteiger partial charge in [-0.2, -0.15) is 0 Å². The van der Waals surface area contributed by atoms with E-state index >= 15 is 0 Å². The van der Waals surface area contributed by atoms with Gasteiger partial charge in [-0.15, -0.1) is 11.3 Å². The van der Waals surface area contributed by atoms with E-state index in [9.17, 15) is 9.59 Å². The Labute approximate surface area is 195 Å². The highest BCUT2D eigenvalue weighted by Crippen LogP contribution is 2.41. The highest BCUT2D eigenvalue weighted by Gasteiger charge is 2.31. The second-order valence-electron chi connectivity index (χ2n) is 7.18. The number of Topliss-reactive ketones (excluding diaryl/α,β-unsaturated/α-hetero) is 1. The number of carbonyl (C=O) groups is 2. The van der Waals surface area contributed by atoms with Gasteiger partial charge in [-0.25, -0.2) is 0 Å². The maximum absolute atomic E-state index is 13.0. The molecule has 0 spiro atoms. The molecule has 0 atom stereocenters. The summed E-state index contributed by atoms with van der Waals surface area (Å²) in [5, 5.41) is 1.91. The second kappa shape index (κ2) is 9.38. The molecule has 0 fully saturated rings. The van der Waals surface area contributed by atoms with E-state index in [1.807, 2.05) is 17.5 Å². The summed E-state index contributed by atoms with van der Waals surface area (Å²) in [5.41, 5.74) is 1.56. The van der Waals surface area contributed by atoms with E-state index < -0.39 is 0 Å². The molecule has 2 aromatic carbocycles. The maximum Gasteiger partial charge on any atom is 0.316 e. The van der Waals surface area contributed by atoms with Crippen molar-refractivity contribution in [1.82, 2.24) is 0 Å². The number of methoxy groups -OCH3 is 3. The molecule has 3 aromatic rings. The number of rotatable bonds is 7. The summed E-state index contributed by atoms with van der Waals surface area (Å²) in [4.78, 5) is 26.2. The minimum Gasteiger partial charge on any atom is -0.496 e. The first-order valence-corrected chi connectivity index (χ1v) is 10.9. The molecule has 2 heterocycles. The van der Waals surface area contributed by atoms with Crippen LogP contribution in [-0.2, 0) is 11.2 Å². The van der Waals surface area contributed by atoms with Gasteiger partial charge in [-0.1, -0.05) is 6.07 Å². The Kier molecular flexibility index (Phi) is 6.37. The smallest absolute Gasteiger partial charge is 0.316 e. The molecule has 170 valence electrons. The fourth-order valence-electron chi connectivity index (χ4n) is 3.50. The van der Waals surface area contributed by atoms with E-state index in [0.717, 1.165) is 4.88 Å². The summed E-state index contributed by atoms with van der Waals surface area (Å²) < 4.78 is 27.5. The third-order valence-corrected chi connectivity index (χ3v) is 6.06. The molecule has 0 saturated heterocycles. The number of benzene rings is 2. The van der Waals surface area contributed by atoms with Crippen LogP contribution in [0.4, 0.5) is 0 Å². The van der Waals surface area contributed by atoms with E-state index in [0.29, 0.717) is 45.4 Å². The summed E-state index contributed by atoms with van der Waals surface area (Å²) in [5.74, 6) is 1.68. The number of ketones is 1. The lowest BCUT2D eigenvalue weighted by molar-refractivity contribution is -0.133. The number of hydrogen-bond donors (Lipinski definition) is 0. The lowest BCUT2D eigenvalue weighted by Crippen LogP contribution is -2.11. The average Bonchev–Trinajstić information content (AvgIpc) is 3.43. The molecule has 1 aliphatic heterocycles. The van der Waals surface area contributed by atoms with Gasteiger partial charge in [0.1, 0.15) is 17.2 Å². The zero-order valence-corrected chi connectivity index (χ0v) is 19.4. The van der Waals surface area contributed by atoms with E-state index in [1.54, 1.807) is 37.3 Å². The van der Waals surface area contributed by atoms with Crippen molar-refractivity contribution < 1.29 is 33.3 Å². The lowest BCUT2D eigenvalue weighted by atomic mass is 10.1. The van der Waals surface area contributed by atoms with Crippen molar-refractivity contribution in [2.24, 2.45) is 0 Å². The van der Waals surface area contributed by atoms with Gasteiger partial charge in [0.15, 0.2) is 17.3 Å². The number of allylic oxidation sites excluding steroid dienone is 1. The molecular weight excluding hydrogens is 444 g/mol. The third-order valence-electron chi connectivity index (χ3n) is 5.18. The number of esters is 1. The highest BCUT2D eigenvalue weighted by atomic mass is 32.1. The van der Waals surface area contributed by atoms with Gasteiger partial charge in [-0.05, 0) is 42.6 Å². The van der Waals surface area contributed by atoms with Gasteiger partial charge in [-0.3, -0.25) is 9.59 Å². The molecule has 7 nitrogen and oxygen atoms in total. The maximum atomic E-state index is 13.0. The van der Waals surface area contributed by atoms with Crippen molar-refractivity contribution in [2.75, 3.05) is 21.3 Å². The molecule has 1 aliphatic rings. The summed E-state index contributed by atoms with van der Waals surface area (Å²) in [6.45, 7) is 1.75. The molecule has 0 radical (unpaired) electrons. The van der Waals surface area contributed by atoms with Crippen LogP contribution in [-0.4, -0.2) is 33.1 Å². The molecular formula is C25H22O7S. The number of thiophene rings is 1. The standard InChI is InChI=1S/C25H22O7S/c1-14-18(31-23(26)12-16-6-5-9-33-16)8-7-17-24(27)22(32-25(14)17)11-15-10-20(29-3)21(30-4)13-19(15)28-2/h5-11,13H,12H2,1-4H3/b22-11-. The normalized spacial score (nSPS) is 13.5. The van der Waals surface area contributed by atoms with E-state index in [4.69, 9.17) is 23.7 Å². The van der Waals surface area contributed by atoms with Gasteiger partial charge in [0.2, 0.25) is 5.78 Å². The van der Waals surface area contributed by atoms with Crippen molar-refractivity contribution in [1.29, 1.82) is 0 Å². The van der Waals surface area contributed by atoms with E-state index in [1.165, 1.54) is 32.7 Å². The van der Waals surface area contributed by atoms with Crippen LogP contribution in [0.15, 0.2) is 47.5 Å². The van der Waals surface area contributed by atoms with Crippen LogP contribution in [0.25, 0.3) is 6.08 Å². The molecule has 0 unspecified atom stereocenters.